The van der Waals surface area contributed by atoms with Crippen LogP contribution < -0.4 is 23.7 Å². The molecular weight excluding hydrogens is 436 g/mol. The smallest absolute Gasteiger partial charge is 0.224 e. The van der Waals surface area contributed by atoms with E-state index in [9.17, 15) is 13.2 Å². The first-order chi connectivity index (χ1) is 15.1. The Kier molecular flexibility index (Phi) is 8.73. The number of sulfonamides is 1. The van der Waals surface area contributed by atoms with Crippen molar-refractivity contribution in [2.45, 2.75) is 19.0 Å². The summed E-state index contributed by atoms with van der Waals surface area (Å²) in [5.41, 5.74) is 1.43. The second-order valence-corrected chi connectivity index (χ2v) is 8.98. The summed E-state index contributed by atoms with van der Waals surface area (Å²) in [7, 11) is 4.21. The van der Waals surface area contributed by atoms with Gasteiger partial charge >= 0.3 is 0 Å². The van der Waals surface area contributed by atoms with Crippen LogP contribution in [0.4, 0.5) is 0 Å². The molecule has 0 aromatic heterocycles. The van der Waals surface area contributed by atoms with E-state index in [0.29, 0.717) is 28.6 Å². The molecule has 10 heteroatoms. The average Bonchev–Trinajstić information content (AvgIpc) is 2.76. The molecule has 0 heterocycles. The molecule has 0 aliphatic rings. The largest absolute Gasteiger partial charge is 0.497 e. The molecule has 0 saturated carbocycles. The molecule has 9 nitrogen and oxygen atoms in total. The summed E-state index contributed by atoms with van der Waals surface area (Å²) in [6.07, 6.45) is 1.01. The number of nitrogens with one attached hydrogen (secondary N) is 1. The monoisotopic (exact) mass is 466 g/mol. The number of hydrogen-bond donors (Lipinski definition) is 1. The maximum atomic E-state index is 13.0. The van der Waals surface area contributed by atoms with Gasteiger partial charge in [0.05, 0.1) is 40.7 Å². The van der Waals surface area contributed by atoms with E-state index >= 15 is 0 Å². The van der Waals surface area contributed by atoms with Gasteiger partial charge in [-0.1, -0.05) is 12.1 Å². The number of carbonyl (C=O) groups excluding carboxylic acids is 1. The van der Waals surface area contributed by atoms with Gasteiger partial charge in [0.2, 0.25) is 21.7 Å². The van der Waals surface area contributed by atoms with Gasteiger partial charge in [-0.2, -0.15) is 0 Å². The lowest BCUT2D eigenvalue weighted by atomic mass is 10.0. The van der Waals surface area contributed by atoms with Crippen LogP contribution in [0.5, 0.6) is 23.0 Å². The number of amides is 1. The molecule has 0 spiro atoms. The predicted molar refractivity (Wildman–Crippen MR) is 121 cm³/mol. The third-order valence-electron chi connectivity index (χ3n) is 4.82. The van der Waals surface area contributed by atoms with Gasteiger partial charge in [0, 0.05) is 20.0 Å². The lowest BCUT2D eigenvalue weighted by molar-refractivity contribution is -0.130. The van der Waals surface area contributed by atoms with Crippen molar-refractivity contribution in [2.75, 3.05) is 41.7 Å². The number of hydrogen-bond acceptors (Lipinski definition) is 7. The van der Waals surface area contributed by atoms with Crippen molar-refractivity contribution in [3.8, 4) is 23.0 Å². The van der Waals surface area contributed by atoms with Crippen molar-refractivity contribution >= 4 is 15.9 Å². The van der Waals surface area contributed by atoms with Crippen LogP contribution in [0.1, 0.15) is 23.6 Å². The molecule has 2 aromatic carbocycles. The van der Waals surface area contributed by atoms with E-state index in [-0.39, 0.29) is 18.9 Å². The van der Waals surface area contributed by atoms with E-state index in [1.807, 2.05) is 0 Å². The fourth-order valence-electron chi connectivity index (χ4n) is 3.24. The van der Waals surface area contributed by atoms with Crippen molar-refractivity contribution in [3.05, 3.63) is 47.5 Å². The number of rotatable bonds is 11. The van der Waals surface area contributed by atoms with E-state index in [0.717, 1.165) is 11.8 Å². The molecule has 0 saturated heterocycles. The highest BCUT2D eigenvalue weighted by Gasteiger charge is 2.23. The lowest BCUT2D eigenvalue weighted by Crippen LogP contribution is -2.34. The minimum Gasteiger partial charge on any atom is -0.497 e. The van der Waals surface area contributed by atoms with Crippen molar-refractivity contribution < 1.29 is 32.2 Å². The third kappa shape index (κ3) is 6.76. The summed E-state index contributed by atoms with van der Waals surface area (Å²) in [6.45, 7) is 0.268. The van der Waals surface area contributed by atoms with E-state index in [4.69, 9.17) is 18.9 Å². The normalized spacial score (nSPS) is 12.1. The van der Waals surface area contributed by atoms with E-state index < -0.39 is 16.1 Å². The summed E-state index contributed by atoms with van der Waals surface area (Å²) >= 11 is 0. The fraction of sp³-hybridized carbons (Fsp3) is 0.409. The third-order valence-corrected chi connectivity index (χ3v) is 5.54. The zero-order valence-corrected chi connectivity index (χ0v) is 20.0. The van der Waals surface area contributed by atoms with E-state index in [2.05, 4.69) is 4.72 Å². The Morgan fingerprint density at radius 3 is 1.97 bits per heavy atom. The quantitative estimate of drug-likeness (QED) is 0.542. The van der Waals surface area contributed by atoms with Gasteiger partial charge in [-0.3, -0.25) is 4.79 Å². The zero-order chi connectivity index (χ0) is 23.9. The molecule has 2 aromatic rings. The first-order valence-electron chi connectivity index (χ1n) is 9.76. The lowest BCUT2D eigenvalue weighted by Gasteiger charge is -2.23. The van der Waals surface area contributed by atoms with Gasteiger partial charge in [-0.25, -0.2) is 13.1 Å². The molecular formula is C22H30N2O7S. The highest BCUT2D eigenvalue weighted by molar-refractivity contribution is 7.88. The van der Waals surface area contributed by atoms with Crippen LogP contribution in [0.25, 0.3) is 0 Å². The van der Waals surface area contributed by atoms with Crippen molar-refractivity contribution in [1.29, 1.82) is 0 Å². The summed E-state index contributed by atoms with van der Waals surface area (Å²) in [6, 6.07) is 9.71. The Morgan fingerprint density at radius 2 is 1.53 bits per heavy atom. The fourth-order valence-corrected chi connectivity index (χ4v) is 3.98. The topological polar surface area (TPSA) is 103 Å². The highest BCUT2D eigenvalue weighted by atomic mass is 32.2. The molecule has 0 aliphatic carbocycles. The van der Waals surface area contributed by atoms with Gasteiger partial charge in [0.1, 0.15) is 5.75 Å². The second kappa shape index (κ2) is 11.1. The Bertz CT molecular complexity index is 998. The van der Waals surface area contributed by atoms with Gasteiger partial charge in [-0.15, -0.1) is 0 Å². The zero-order valence-electron chi connectivity index (χ0n) is 19.2. The van der Waals surface area contributed by atoms with Crippen molar-refractivity contribution in [1.82, 2.24) is 9.62 Å². The number of nitrogens with zero attached hydrogens (tertiary/aromatic N) is 1. The Morgan fingerprint density at radius 1 is 0.969 bits per heavy atom. The SMILES string of the molecule is COc1ccc([C@H](CC(=O)N(C)Cc2cc(OC)c(OC)c(OC)c2)NS(C)(=O)=O)cc1. The molecule has 32 heavy (non-hydrogen) atoms. The van der Waals surface area contributed by atoms with Crippen LogP contribution in [0, 0.1) is 0 Å². The van der Waals surface area contributed by atoms with Crippen LogP contribution >= 0.6 is 0 Å². The van der Waals surface area contributed by atoms with Crippen molar-refractivity contribution in [2.24, 2.45) is 0 Å². The Labute approximate surface area is 189 Å². The molecule has 2 rings (SSSR count). The van der Waals surface area contributed by atoms with Crippen LogP contribution in [-0.4, -0.2) is 61.0 Å². The maximum Gasteiger partial charge on any atom is 0.224 e. The average molecular weight is 467 g/mol. The summed E-state index contributed by atoms with van der Waals surface area (Å²) in [5.74, 6) is 1.83. The molecule has 1 N–H and O–H groups in total. The Balaban J connectivity index is 2.22. The molecule has 0 radical (unpaired) electrons. The summed E-state index contributed by atoms with van der Waals surface area (Å²) in [4.78, 5) is 14.5. The first-order valence-corrected chi connectivity index (χ1v) is 11.6. The van der Waals surface area contributed by atoms with E-state index in [1.54, 1.807) is 50.6 Å². The number of benzene rings is 2. The molecule has 0 fully saturated rings. The number of carbonyl (C=O) groups is 1. The molecule has 1 atom stereocenters. The highest BCUT2D eigenvalue weighted by Crippen LogP contribution is 2.38. The van der Waals surface area contributed by atoms with Crippen LogP contribution in [0.3, 0.4) is 0 Å². The van der Waals surface area contributed by atoms with Crippen LogP contribution in [-0.2, 0) is 21.4 Å². The minimum absolute atomic E-state index is 0.0552. The number of ether oxygens (including phenoxy) is 4. The second-order valence-electron chi connectivity index (χ2n) is 7.20. The van der Waals surface area contributed by atoms with Crippen molar-refractivity contribution in [3.63, 3.8) is 0 Å². The molecule has 0 aliphatic heterocycles. The number of methoxy groups -OCH3 is 4. The molecule has 0 unspecified atom stereocenters. The summed E-state index contributed by atoms with van der Waals surface area (Å²) in [5, 5.41) is 0. The maximum absolute atomic E-state index is 13.0. The van der Waals surface area contributed by atoms with Gasteiger partial charge in [0.25, 0.3) is 0 Å². The molecule has 176 valence electrons. The Hall–Kier alpha value is -2.98. The first kappa shape index (κ1) is 25.3. The van der Waals surface area contributed by atoms with Gasteiger partial charge in [0.15, 0.2) is 11.5 Å². The van der Waals surface area contributed by atoms with E-state index in [1.165, 1.54) is 26.2 Å². The predicted octanol–water partition coefficient (Wildman–Crippen LogP) is 2.36. The summed E-state index contributed by atoms with van der Waals surface area (Å²) < 4.78 is 47.5. The minimum atomic E-state index is -3.54. The molecule has 1 amide bonds. The molecule has 0 bridgehead atoms. The van der Waals surface area contributed by atoms with Crippen LogP contribution in [0.15, 0.2) is 36.4 Å². The van der Waals surface area contributed by atoms with Gasteiger partial charge < -0.3 is 23.8 Å². The van der Waals surface area contributed by atoms with Crippen LogP contribution in [0.2, 0.25) is 0 Å². The standard InChI is InChI=1S/C22H30N2O7S/c1-24(14-15-11-19(29-3)22(31-5)20(12-15)30-4)21(25)13-18(23-32(6,26)27)16-7-9-17(28-2)10-8-16/h7-12,18,23H,13-14H2,1-6H3/t18-/m0/s1. The van der Waals surface area contributed by atoms with Gasteiger partial charge in [-0.05, 0) is 35.4 Å².